The lowest BCUT2D eigenvalue weighted by atomic mass is 10.1. The summed E-state index contributed by atoms with van der Waals surface area (Å²) >= 11 is 1.35. The molecule has 0 bridgehead atoms. The molecule has 1 aliphatic rings. The summed E-state index contributed by atoms with van der Waals surface area (Å²) in [4.78, 5) is 21.5. The van der Waals surface area contributed by atoms with Crippen molar-refractivity contribution in [2.75, 3.05) is 0 Å². The molecule has 0 saturated carbocycles. The topological polar surface area (TPSA) is 54.4 Å². The standard InChI is InChI=1S/C19H13N3OS/c23-18-17(24-19(22-18)21-15-6-2-1-3-7-15)12-13-8-9-16-14(11-13)5-4-10-20-16/h1-12H,(H,21,22,23)/b17-12-. The Kier molecular flexibility index (Phi) is 3.84. The van der Waals surface area contributed by atoms with Gasteiger partial charge in [-0.15, -0.1) is 0 Å². The Morgan fingerprint density at radius 2 is 1.92 bits per heavy atom. The third-order valence-electron chi connectivity index (χ3n) is 3.56. The number of pyridine rings is 1. The Morgan fingerprint density at radius 1 is 1.04 bits per heavy atom. The second kappa shape index (κ2) is 6.29. The smallest absolute Gasteiger partial charge is 0.264 e. The number of rotatable bonds is 2. The second-order valence-electron chi connectivity index (χ2n) is 5.27. The Bertz CT molecular complexity index is 980. The number of hydrogen-bond acceptors (Lipinski definition) is 4. The van der Waals surface area contributed by atoms with Gasteiger partial charge in [0, 0.05) is 11.6 Å². The van der Waals surface area contributed by atoms with Gasteiger partial charge in [-0.1, -0.05) is 30.3 Å². The van der Waals surface area contributed by atoms with Crippen LogP contribution >= 0.6 is 11.8 Å². The van der Waals surface area contributed by atoms with Gasteiger partial charge in [0.05, 0.1) is 16.1 Å². The van der Waals surface area contributed by atoms with E-state index >= 15 is 0 Å². The zero-order valence-corrected chi connectivity index (χ0v) is 13.5. The lowest BCUT2D eigenvalue weighted by Gasteiger charge is -1.99. The highest BCUT2D eigenvalue weighted by atomic mass is 32.2. The number of carbonyl (C=O) groups is 1. The molecule has 0 unspecified atom stereocenters. The summed E-state index contributed by atoms with van der Waals surface area (Å²) in [6, 6.07) is 19.4. The number of amidine groups is 1. The maximum absolute atomic E-state index is 12.1. The summed E-state index contributed by atoms with van der Waals surface area (Å²) in [6.45, 7) is 0. The van der Waals surface area contributed by atoms with E-state index in [4.69, 9.17) is 0 Å². The van der Waals surface area contributed by atoms with E-state index < -0.39 is 0 Å². The molecule has 0 spiro atoms. The highest BCUT2D eigenvalue weighted by molar-refractivity contribution is 8.18. The van der Waals surface area contributed by atoms with E-state index in [1.54, 1.807) is 6.20 Å². The van der Waals surface area contributed by atoms with Crippen LogP contribution in [0, 0.1) is 0 Å². The number of para-hydroxylation sites is 1. The largest absolute Gasteiger partial charge is 0.300 e. The quantitative estimate of drug-likeness (QED) is 0.719. The predicted molar refractivity (Wildman–Crippen MR) is 99.0 cm³/mol. The van der Waals surface area contributed by atoms with Gasteiger partial charge in [-0.2, -0.15) is 0 Å². The van der Waals surface area contributed by atoms with Gasteiger partial charge in [0.1, 0.15) is 0 Å². The number of nitrogens with zero attached hydrogens (tertiary/aromatic N) is 2. The monoisotopic (exact) mass is 331 g/mol. The van der Waals surface area contributed by atoms with Crippen LogP contribution in [0.5, 0.6) is 0 Å². The Morgan fingerprint density at radius 3 is 2.79 bits per heavy atom. The molecule has 2 heterocycles. The normalized spacial score (nSPS) is 17.6. The van der Waals surface area contributed by atoms with Crippen LogP contribution in [-0.4, -0.2) is 16.1 Å². The highest BCUT2D eigenvalue weighted by Crippen LogP contribution is 2.28. The molecule has 0 aliphatic carbocycles. The van der Waals surface area contributed by atoms with E-state index in [-0.39, 0.29) is 5.91 Å². The first kappa shape index (κ1) is 14.7. The first-order chi connectivity index (χ1) is 11.8. The molecular weight excluding hydrogens is 318 g/mol. The van der Waals surface area contributed by atoms with E-state index in [1.807, 2.05) is 66.7 Å². The second-order valence-corrected chi connectivity index (χ2v) is 6.30. The summed E-state index contributed by atoms with van der Waals surface area (Å²) in [5, 5.41) is 4.45. The Balaban J connectivity index is 1.62. The zero-order valence-electron chi connectivity index (χ0n) is 12.6. The van der Waals surface area contributed by atoms with Gasteiger partial charge < -0.3 is 5.32 Å². The van der Waals surface area contributed by atoms with Crippen LogP contribution in [-0.2, 0) is 4.79 Å². The van der Waals surface area contributed by atoms with Gasteiger partial charge in [-0.25, -0.2) is 4.99 Å². The molecule has 1 fully saturated rings. The van der Waals surface area contributed by atoms with E-state index in [0.717, 1.165) is 22.2 Å². The first-order valence-electron chi connectivity index (χ1n) is 7.47. The molecule has 3 aromatic rings. The van der Waals surface area contributed by atoms with Gasteiger partial charge in [-0.3, -0.25) is 9.78 Å². The predicted octanol–water partition coefficient (Wildman–Crippen LogP) is 4.13. The van der Waals surface area contributed by atoms with E-state index in [2.05, 4.69) is 15.3 Å². The summed E-state index contributed by atoms with van der Waals surface area (Å²) in [5.74, 6) is -0.124. The van der Waals surface area contributed by atoms with Crippen molar-refractivity contribution < 1.29 is 4.79 Å². The molecule has 1 aliphatic heterocycles. The number of nitrogens with one attached hydrogen (secondary N) is 1. The summed E-state index contributed by atoms with van der Waals surface area (Å²) < 4.78 is 0. The highest BCUT2D eigenvalue weighted by Gasteiger charge is 2.23. The molecule has 116 valence electrons. The molecular formula is C19H13N3OS. The fraction of sp³-hybridized carbons (Fsp3) is 0. The molecule has 1 amide bonds. The molecule has 4 nitrogen and oxygen atoms in total. The molecule has 0 atom stereocenters. The molecule has 4 rings (SSSR count). The van der Waals surface area contributed by atoms with Crippen molar-refractivity contribution in [3.05, 3.63) is 77.3 Å². The summed E-state index contributed by atoms with van der Waals surface area (Å²) in [7, 11) is 0. The Hall–Kier alpha value is -2.92. The average molecular weight is 331 g/mol. The minimum atomic E-state index is -0.124. The summed E-state index contributed by atoms with van der Waals surface area (Å²) in [5.41, 5.74) is 2.72. The molecule has 1 saturated heterocycles. The number of amides is 1. The van der Waals surface area contributed by atoms with Crippen molar-refractivity contribution in [1.29, 1.82) is 0 Å². The van der Waals surface area contributed by atoms with Gasteiger partial charge in [0.15, 0.2) is 5.17 Å². The third-order valence-corrected chi connectivity index (χ3v) is 4.47. The number of fused-ring (bicyclic) bond motifs is 1. The van der Waals surface area contributed by atoms with Crippen molar-refractivity contribution in [2.45, 2.75) is 0 Å². The lowest BCUT2D eigenvalue weighted by molar-refractivity contribution is -0.115. The maximum atomic E-state index is 12.1. The van der Waals surface area contributed by atoms with Crippen LogP contribution in [0.4, 0.5) is 5.69 Å². The van der Waals surface area contributed by atoms with Crippen LogP contribution in [0.15, 0.2) is 76.8 Å². The van der Waals surface area contributed by atoms with Crippen molar-refractivity contribution in [2.24, 2.45) is 4.99 Å². The van der Waals surface area contributed by atoms with Crippen LogP contribution in [0.1, 0.15) is 5.56 Å². The van der Waals surface area contributed by atoms with Crippen LogP contribution in [0.2, 0.25) is 0 Å². The fourth-order valence-electron chi connectivity index (χ4n) is 2.44. The van der Waals surface area contributed by atoms with Crippen molar-refractivity contribution in [3.63, 3.8) is 0 Å². The molecule has 1 N–H and O–H groups in total. The number of carbonyl (C=O) groups excluding carboxylic acids is 1. The van der Waals surface area contributed by atoms with Crippen LogP contribution < -0.4 is 5.32 Å². The summed E-state index contributed by atoms with van der Waals surface area (Å²) in [6.07, 6.45) is 3.65. The third kappa shape index (κ3) is 3.07. The first-order valence-corrected chi connectivity index (χ1v) is 8.29. The number of aliphatic imine (C=N–C) groups is 1. The number of benzene rings is 2. The van der Waals surface area contributed by atoms with Gasteiger partial charge in [0.2, 0.25) is 0 Å². The zero-order chi connectivity index (χ0) is 16.4. The van der Waals surface area contributed by atoms with Crippen LogP contribution in [0.25, 0.3) is 17.0 Å². The molecule has 2 aromatic carbocycles. The molecule has 0 radical (unpaired) electrons. The molecule has 5 heteroatoms. The lowest BCUT2D eigenvalue weighted by Crippen LogP contribution is -2.19. The number of thioether (sulfide) groups is 1. The van der Waals surface area contributed by atoms with Gasteiger partial charge in [-0.05, 0) is 53.7 Å². The maximum Gasteiger partial charge on any atom is 0.264 e. The Labute approximate surface area is 143 Å². The van der Waals surface area contributed by atoms with Crippen molar-refractivity contribution >= 4 is 45.5 Å². The number of hydrogen-bond donors (Lipinski definition) is 1. The minimum Gasteiger partial charge on any atom is -0.300 e. The van der Waals surface area contributed by atoms with E-state index in [0.29, 0.717) is 10.1 Å². The van der Waals surface area contributed by atoms with Crippen molar-refractivity contribution in [1.82, 2.24) is 10.3 Å². The van der Waals surface area contributed by atoms with Crippen LogP contribution in [0.3, 0.4) is 0 Å². The molecule has 24 heavy (non-hydrogen) atoms. The molecule has 1 aromatic heterocycles. The minimum absolute atomic E-state index is 0.124. The van der Waals surface area contributed by atoms with Crippen molar-refractivity contribution in [3.8, 4) is 0 Å². The van der Waals surface area contributed by atoms with Gasteiger partial charge >= 0.3 is 0 Å². The number of aromatic nitrogens is 1. The average Bonchev–Trinajstić information content (AvgIpc) is 2.95. The van der Waals surface area contributed by atoms with Gasteiger partial charge in [0.25, 0.3) is 5.91 Å². The van der Waals surface area contributed by atoms with E-state index in [9.17, 15) is 4.79 Å². The van der Waals surface area contributed by atoms with E-state index in [1.165, 1.54) is 11.8 Å². The SMILES string of the molecule is O=C1NC(=Nc2ccccc2)S/C1=C\c1ccc2ncccc2c1. The fourth-order valence-corrected chi connectivity index (χ4v) is 3.28.